The molecule has 0 spiro atoms. The topological polar surface area (TPSA) is 173 Å². The van der Waals surface area contributed by atoms with Crippen LogP contribution >= 0.6 is 0 Å². The Balaban J connectivity index is 0.00000432. The van der Waals surface area contributed by atoms with E-state index in [0.29, 0.717) is 37.3 Å². The predicted octanol–water partition coefficient (Wildman–Crippen LogP) is -3.99. The highest BCUT2D eigenvalue weighted by Gasteiger charge is 2.59. The first-order valence-electron chi connectivity index (χ1n) is 17.2. The quantitative estimate of drug-likeness (QED) is 0.155. The van der Waals surface area contributed by atoms with Crippen LogP contribution in [0.3, 0.4) is 0 Å². The van der Waals surface area contributed by atoms with E-state index in [1.165, 1.54) is 11.2 Å². The first kappa shape index (κ1) is 36.3. The van der Waals surface area contributed by atoms with E-state index in [1.54, 1.807) is 31.2 Å². The number of aliphatic hydroxyl groups is 1. The van der Waals surface area contributed by atoms with E-state index in [0.717, 1.165) is 70.8 Å². The number of carboxylic acid groups (broad SMARTS) is 1. The van der Waals surface area contributed by atoms with Gasteiger partial charge >= 0.3 is 0 Å². The number of fused-ring (bicyclic) bond motifs is 7. The van der Waals surface area contributed by atoms with Crippen molar-refractivity contribution in [2.45, 2.75) is 37.3 Å². The Kier molecular flexibility index (Phi) is 9.59. The van der Waals surface area contributed by atoms with Gasteiger partial charge in [-0.25, -0.2) is 8.42 Å². The van der Waals surface area contributed by atoms with Crippen LogP contribution in [0.4, 0.5) is 5.69 Å². The van der Waals surface area contributed by atoms with E-state index in [2.05, 4.69) is 5.32 Å². The molecule has 2 bridgehead atoms. The third kappa shape index (κ3) is 5.70. The van der Waals surface area contributed by atoms with E-state index in [-0.39, 0.29) is 41.0 Å². The van der Waals surface area contributed by atoms with Crippen molar-refractivity contribution in [3.8, 4) is 11.1 Å². The van der Waals surface area contributed by atoms with Crippen LogP contribution in [0.25, 0.3) is 11.1 Å². The van der Waals surface area contributed by atoms with Crippen molar-refractivity contribution in [3.63, 3.8) is 0 Å². The maximum Gasteiger partial charge on any atom is 0.275 e. The lowest BCUT2D eigenvalue weighted by Crippen LogP contribution is -3.00. The van der Waals surface area contributed by atoms with Gasteiger partial charge in [0.15, 0.2) is 6.54 Å². The smallest absolute Gasteiger partial charge is 0.275 e. The summed E-state index contributed by atoms with van der Waals surface area (Å²) >= 11 is 0. The number of nitrogens with two attached hydrogens (primary N) is 1. The number of benzene rings is 2. The number of rotatable bonds is 11. The Morgan fingerprint density at radius 3 is 2.36 bits per heavy atom. The largest absolute Gasteiger partial charge is 1.00 e. The van der Waals surface area contributed by atoms with Crippen LogP contribution in [0.15, 0.2) is 58.6 Å². The van der Waals surface area contributed by atoms with Crippen LogP contribution in [0.1, 0.15) is 19.4 Å². The van der Waals surface area contributed by atoms with Gasteiger partial charge in [-0.3, -0.25) is 13.9 Å². The third-order valence-electron chi connectivity index (χ3n) is 11.9. The normalized spacial score (nSPS) is 29.4. The number of quaternary nitrogens is 2. The molecule has 4 N–H and O–H groups in total. The SMILES string of the molecule is C[C@@H](O)[C@H]1C(=O)N2C(C(=O)[O-])=C(CN3c4ccccc4-c4c(CC[N+]56CC[N+](CC(=O)NCCN)(CC5)CC6)cccc4S3(=O)=O)[C@H](C)[C@H]12.[Cl-]. The van der Waals surface area contributed by atoms with Gasteiger partial charge in [-0.05, 0) is 30.2 Å². The fourth-order valence-electron chi connectivity index (χ4n) is 9.07. The van der Waals surface area contributed by atoms with Crippen LogP contribution in [0.2, 0.25) is 0 Å². The van der Waals surface area contributed by atoms with Crippen molar-refractivity contribution in [2.75, 3.05) is 76.3 Å². The standard InChI is InChI=1S/C35H44N6O7S.ClH/c1-22-26(33(35(45)46)39-32(22)30(23(2)42)34(39)44)20-38-27-8-4-3-7-25(27)31-24(6-5-9-28(31)49(38,47)48)10-13-40-14-17-41(18-15-40,19-16-40)21-29(43)37-12-11-36;/h3-9,22-23,30,32,42H,10-21,36H2,1-2H3;1H/t22-,23+,30+,32+,40?,41?;/m0./s1. The summed E-state index contributed by atoms with van der Waals surface area (Å²) in [6, 6.07) is 12.1. The van der Waals surface area contributed by atoms with Crippen LogP contribution in [0.5, 0.6) is 0 Å². The van der Waals surface area contributed by atoms with E-state index in [4.69, 9.17) is 5.73 Å². The van der Waals surface area contributed by atoms with Crippen LogP contribution in [0, 0.1) is 11.8 Å². The van der Waals surface area contributed by atoms with Gasteiger partial charge in [0, 0.05) is 36.6 Å². The Morgan fingerprint density at radius 1 is 1.06 bits per heavy atom. The van der Waals surface area contributed by atoms with E-state index in [9.17, 15) is 33.0 Å². The van der Waals surface area contributed by atoms with Gasteiger partial charge in [-0.2, -0.15) is 0 Å². The van der Waals surface area contributed by atoms with Crippen molar-refractivity contribution in [1.29, 1.82) is 0 Å². The highest BCUT2D eigenvalue weighted by molar-refractivity contribution is 7.93. The minimum atomic E-state index is -4.14. The molecule has 0 saturated carbocycles. The molecule has 0 aromatic heterocycles. The molecule has 270 valence electrons. The number of anilines is 1. The minimum Gasteiger partial charge on any atom is -1.00 e. The van der Waals surface area contributed by atoms with E-state index in [1.807, 2.05) is 18.2 Å². The molecule has 2 amide bonds. The molecule has 50 heavy (non-hydrogen) atoms. The molecule has 6 aliphatic heterocycles. The number of β-lactam (4-membered cyclic amide) rings is 1. The maximum absolute atomic E-state index is 14.5. The Labute approximate surface area is 298 Å². The molecule has 0 radical (unpaired) electrons. The second-order valence-electron chi connectivity index (χ2n) is 14.5. The Morgan fingerprint density at radius 2 is 1.72 bits per heavy atom. The average Bonchev–Trinajstić information content (AvgIpc) is 3.32. The Bertz CT molecular complexity index is 1840. The van der Waals surface area contributed by atoms with Gasteiger partial charge in [-0.15, -0.1) is 0 Å². The van der Waals surface area contributed by atoms with Crippen LogP contribution in [-0.2, 0) is 30.8 Å². The lowest BCUT2D eigenvalue weighted by atomic mass is 9.77. The molecule has 4 fully saturated rings. The molecule has 4 saturated heterocycles. The van der Waals surface area contributed by atoms with Gasteiger partial charge in [0.2, 0.25) is 5.91 Å². The number of nitrogens with zero attached hydrogens (tertiary/aromatic N) is 4. The maximum atomic E-state index is 14.5. The van der Waals surface area contributed by atoms with Crippen molar-refractivity contribution >= 4 is 33.5 Å². The summed E-state index contributed by atoms with van der Waals surface area (Å²) in [5.74, 6) is -3.25. The monoisotopic (exact) mass is 728 g/mol. The summed E-state index contributed by atoms with van der Waals surface area (Å²) in [5.41, 5.74) is 8.35. The molecular weight excluding hydrogens is 684 g/mol. The molecule has 6 heterocycles. The highest BCUT2D eigenvalue weighted by atomic mass is 35.5. The first-order valence-corrected chi connectivity index (χ1v) is 18.6. The predicted molar refractivity (Wildman–Crippen MR) is 179 cm³/mol. The zero-order valence-electron chi connectivity index (χ0n) is 28.4. The summed E-state index contributed by atoms with van der Waals surface area (Å²) in [7, 11) is -4.14. The van der Waals surface area contributed by atoms with Crippen molar-refractivity contribution < 1.29 is 54.4 Å². The van der Waals surface area contributed by atoms with E-state index < -0.39 is 45.9 Å². The lowest BCUT2D eigenvalue weighted by molar-refractivity contribution is -1.08. The Hall–Kier alpha value is -3.53. The van der Waals surface area contributed by atoms with Gasteiger partial charge in [-0.1, -0.05) is 37.3 Å². The number of hydrogen-bond acceptors (Lipinski definition) is 8. The number of halogens is 1. The number of para-hydroxylation sites is 1. The highest BCUT2D eigenvalue weighted by Crippen LogP contribution is 2.50. The fourth-order valence-corrected chi connectivity index (χ4v) is 10.8. The molecule has 0 aliphatic carbocycles. The molecule has 0 unspecified atom stereocenters. The zero-order valence-corrected chi connectivity index (χ0v) is 30.0. The van der Waals surface area contributed by atoms with Crippen molar-refractivity contribution in [3.05, 3.63) is 59.3 Å². The number of aliphatic hydroxyl groups excluding tert-OH is 1. The summed E-state index contributed by atoms with van der Waals surface area (Å²) in [4.78, 5) is 39.1. The number of carboxylic acids is 1. The lowest BCUT2D eigenvalue weighted by Gasteiger charge is -2.55. The van der Waals surface area contributed by atoms with Gasteiger partial charge in [0.05, 0.1) is 53.4 Å². The number of piperazine rings is 3. The second kappa shape index (κ2) is 13.2. The number of amides is 2. The molecule has 2 aromatic rings. The molecule has 6 aliphatic rings. The summed E-state index contributed by atoms with van der Waals surface area (Å²) in [5, 5.41) is 25.6. The van der Waals surface area contributed by atoms with E-state index >= 15 is 0 Å². The number of hydrogen-bond donors (Lipinski definition) is 3. The first-order chi connectivity index (χ1) is 23.3. The molecule has 13 nitrogen and oxygen atoms in total. The molecule has 15 heteroatoms. The number of carbonyl (C=O) groups excluding carboxylic acids is 3. The van der Waals surface area contributed by atoms with Crippen molar-refractivity contribution in [2.24, 2.45) is 17.6 Å². The number of aliphatic carboxylic acids is 1. The summed E-state index contributed by atoms with van der Waals surface area (Å²) in [6.45, 7) is 10.9. The number of carbonyl (C=O) groups is 3. The second-order valence-corrected chi connectivity index (χ2v) is 16.4. The molecular formula is C35H45ClN6O7S. The molecule has 2 aromatic carbocycles. The zero-order chi connectivity index (χ0) is 34.9. The van der Waals surface area contributed by atoms with Crippen LogP contribution in [-0.4, -0.2) is 129 Å². The number of sulfonamides is 1. The summed E-state index contributed by atoms with van der Waals surface area (Å²) in [6.07, 6.45) is -0.293. The fraction of sp³-hybridized carbons (Fsp3) is 0.514. The molecule has 8 rings (SSSR count). The van der Waals surface area contributed by atoms with Gasteiger partial charge in [0.1, 0.15) is 39.3 Å². The van der Waals surface area contributed by atoms with Gasteiger partial charge in [0.25, 0.3) is 15.9 Å². The summed E-state index contributed by atoms with van der Waals surface area (Å²) < 4.78 is 32.0. The molecule has 4 atom stereocenters. The average molecular weight is 729 g/mol. The van der Waals surface area contributed by atoms with Crippen LogP contribution < -0.4 is 32.9 Å². The third-order valence-corrected chi connectivity index (χ3v) is 13.7. The van der Waals surface area contributed by atoms with Crippen molar-refractivity contribution in [1.82, 2.24) is 10.2 Å². The number of nitrogens with one attached hydrogen (secondary N) is 1. The van der Waals surface area contributed by atoms with Gasteiger partial charge < -0.3 is 52.3 Å². The minimum absolute atomic E-state index is 0.